The standard InChI is InChI=1S/C3H3N5O2S/c4-6-7-11(9,10)8-2-1-5-3-8/h1-3H/i4+1. The normalized spacial score (nSPS) is 10.5. The molecule has 1 heterocycles. The lowest BCUT2D eigenvalue weighted by Gasteiger charge is -1.92. The van der Waals surface area contributed by atoms with Crippen molar-refractivity contribution in [2.75, 3.05) is 0 Å². The van der Waals surface area contributed by atoms with Crippen molar-refractivity contribution in [2.24, 2.45) is 4.52 Å². The quantitative estimate of drug-likeness (QED) is 0.278. The van der Waals surface area contributed by atoms with Crippen LogP contribution in [0.4, 0.5) is 0 Å². The highest BCUT2D eigenvalue weighted by molar-refractivity contribution is 7.88. The van der Waals surface area contributed by atoms with Crippen LogP contribution in [-0.2, 0) is 10.2 Å². The van der Waals surface area contributed by atoms with Crippen molar-refractivity contribution in [1.29, 1.82) is 0 Å². The molecule has 0 bridgehead atoms. The zero-order chi connectivity index (χ0) is 8.32. The van der Waals surface area contributed by atoms with Crippen molar-refractivity contribution in [3.63, 3.8) is 0 Å². The van der Waals surface area contributed by atoms with Crippen LogP contribution in [0.5, 0.6) is 0 Å². The highest BCUT2D eigenvalue weighted by atomic mass is 32.2. The molecule has 1 aromatic rings. The zero-order valence-electron chi connectivity index (χ0n) is 5.19. The zero-order valence-corrected chi connectivity index (χ0v) is 6.01. The monoisotopic (exact) mass is 174 g/mol. The minimum Gasteiger partial charge on any atom is -0.244 e. The summed E-state index contributed by atoms with van der Waals surface area (Å²) < 4.78 is 24.9. The van der Waals surface area contributed by atoms with Gasteiger partial charge in [0, 0.05) is 17.3 Å². The van der Waals surface area contributed by atoms with E-state index in [9.17, 15) is 8.42 Å². The van der Waals surface area contributed by atoms with Gasteiger partial charge in [-0.15, -0.1) is 0 Å². The van der Waals surface area contributed by atoms with Crippen molar-refractivity contribution in [3.8, 4) is 0 Å². The fourth-order valence-electron chi connectivity index (χ4n) is 0.472. The Hall–Kier alpha value is -1.53. The predicted molar refractivity (Wildman–Crippen MR) is 35.7 cm³/mol. The summed E-state index contributed by atoms with van der Waals surface area (Å²) in [5.41, 5.74) is 7.85. The maximum atomic E-state index is 10.8. The van der Waals surface area contributed by atoms with Gasteiger partial charge in [0.15, 0.2) is 0 Å². The maximum absolute atomic E-state index is 10.8. The van der Waals surface area contributed by atoms with Gasteiger partial charge in [-0.3, -0.25) is 0 Å². The number of rotatable bonds is 2. The summed E-state index contributed by atoms with van der Waals surface area (Å²) in [5, 5.41) is 0. The number of hydrogen-bond acceptors (Lipinski definition) is 3. The van der Waals surface area contributed by atoms with Crippen LogP contribution in [0.2, 0.25) is 0 Å². The van der Waals surface area contributed by atoms with E-state index >= 15 is 0 Å². The van der Waals surface area contributed by atoms with Crippen LogP contribution in [0.1, 0.15) is 0 Å². The Balaban J connectivity index is 3.22. The lowest BCUT2D eigenvalue weighted by Crippen LogP contribution is -2.05. The Morgan fingerprint density at radius 1 is 1.64 bits per heavy atom. The maximum Gasteiger partial charge on any atom is 0.329 e. The van der Waals surface area contributed by atoms with Gasteiger partial charge in [0.2, 0.25) is 0 Å². The largest absolute Gasteiger partial charge is 0.329 e. The van der Waals surface area contributed by atoms with Gasteiger partial charge in [-0.25, -0.2) is 8.96 Å². The van der Waals surface area contributed by atoms with E-state index in [0.29, 0.717) is 3.97 Å². The molecule has 0 atom stereocenters. The van der Waals surface area contributed by atoms with Crippen LogP contribution in [0.3, 0.4) is 0 Å². The van der Waals surface area contributed by atoms with Crippen LogP contribution in [0.15, 0.2) is 23.2 Å². The lowest BCUT2D eigenvalue weighted by molar-refractivity contribution is 0.588. The van der Waals surface area contributed by atoms with Gasteiger partial charge in [-0.05, 0) is 5.53 Å². The van der Waals surface area contributed by atoms with Crippen molar-refractivity contribution in [3.05, 3.63) is 29.2 Å². The Bertz CT molecular complexity index is 372. The van der Waals surface area contributed by atoms with Crippen molar-refractivity contribution in [2.45, 2.75) is 0 Å². The second-order valence-electron chi connectivity index (χ2n) is 1.54. The molecule has 0 spiro atoms. The minimum absolute atomic E-state index is 0.715. The second-order valence-corrected chi connectivity index (χ2v) is 3.02. The molecule has 0 amide bonds. The summed E-state index contributed by atoms with van der Waals surface area (Å²) in [5.74, 6) is 0. The number of hydrogen-bond donors (Lipinski definition) is 0. The summed E-state index contributed by atoms with van der Waals surface area (Å²) >= 11 is 0. The summed E-state index contributed by atoms with van der Waals surface area (Å²) in [6.07, 6.45) is 3.47. The molecule has 0 aliphatic rings. The van der Waals surface area contributed by atoms with E-state index in [1.54, 1.807) is 0 Å². The van der Waals surface area contributed by atoms with E-state index in [2.05, 4.69) is 14.4 Å². The van der Waals surface area contributed by atoms with Gasteiger partial charge in [0.05, 0.1) is 4.52 Å². The third-order valence-electron chi connectivity index (χ3n) is 0.886. The number of imidazole rings is 1. The van der Waals surface area contributed by atoms with Crippen molar-refractivity contribution in [1.82, 2.24) is 8.96 Å². The van der Waals surface area contributed by atoms with E-state index in [0.717, 1.165) is 6.33 Å². The summed E-state index contributed by atoms with van der Waals surface area (Å²) in [6, 6.07) is 0. The van der Waals surface area contributed by atoms with E-state index < -0.39 is 10.2 Å². The van der Waals surface area contributed by atoms with E-state index in [-0.39, 0.29) is 0 Å². The highest BCUT2D eigenvalue weighted by Crippen LogP contribution is 1.97. The van der Waals surface area contributed by atoms with Crippen LogP contribution in [-0.4, -0.2) is 17.4 Å². The molecule has 0 saturated heterocycles. The van der Waals surface area contributed by atoms with E-state index in [1.165, 1.54) is 12.4 Å². The van der Waals surface area contributed by atoms with Gasteiger partial charge in [0.25, 0.3) is 0 Å². The first-order valence-corrected chi connectivity index (χ1v) is 3.86. The Kier molecular flexibility index (Phi) is 1.79. The van der Waals surface area contributed by atoms with Crippen LogP contribution in [0.25, 0.3) is 10.4 Å². The third kappa shape index (κ3) is 1.48. The summed E-state index contributed by atoms with van der Waals surface area (Å²) in [7, 11) is -3.90. The molecule has 0 N–H and O–H groups in total. The number of azide groups is 1. The van der Waals surface area contributed by atoms with Gasteiger partial charge in [0.1, 0.15) is 6.33 Å². The Labute approximate surface area is 62.1 Å². The molecular formula is C3H3N5O2S. The molecule has 0 aromatic carbocycles. The van der Waals surface area contributed by atoms with Gasteiger partial charge in [-0.1, -0.05) is 0 Å². The fraction of sp³-hybridized carbons (Fsp3) is 0. The molecule has 0 aliphatic carbocycles. The van der Waals surface area contributed by atoms with Crippen molar-refractivity contribution >= 4 is 10.2 Å². The molecule has 58 valence electrons. The first-order chi connectivity index (χ1) is 5.17. The highest BCUT2D eigenvalue weighted by Gasteiger charge is 2.07. The second kappa shape index (κ2) is 2.60. The molecular weight excluding hydrogens is 171 g/mol. The van der Waals surface area contributed by atoms with Crippen molar-refractivity contribution < 1.29 is 8.42 Å². The lowest BCUT2D eigenvalue weighted by atomic mass is 11.0. The molecule has 0 unspecified atom stereocenters. The van der Waals surface area contributed by atoms with Crippen LogP contribution in [0, 0.1) is 0 Å². The van der Waals surface area contributed by atoms with Gasteiger partial charge < -0.3 is 0 Å². The number of aromatic nitrogens is 2. The molecule has 11 heavy (non-hydrogen) atoms. The first-order valence-electron chi connectivity index (χ1n) is 2.46. The van der Waals surface area contributed by atoms with Gasteiger partial charge >= 0.3 is 10.2 Å². The van der Waals surface area contributed by atoms with Crippen LogP contribution >= 0.6 is 0 Å². The smallest absolute Gasteiger partial charge is 0.244 e. The molecule has 1 aromatic heterocycles. The van der Waals surface area contributed by atoms with E-state index in [1.807, 2.05) is 0 Å². The topological polar surface area (TPSA) is 101 Å². The predicted octanol–water partition coefficient (Wildman–Crippen LogP) is 0.286. The van der Waals surface area contributed by atoms with Gasteiger partial charge in [-0.2, -0.15) is 8.42 Å². The molecule has 0 saturated carbocycles. The minimum atomic E-state index is -3.90. The fourth-order valence-corrected chi connectivity index (χ4v) is 1.03. The summed E-state index contributed by atoms with van der Waals surface area (Å²) in [6.45, 7) is 0. The average Bonchev–Trinajstić information content (AvgIpc) is 2.37. The van der Waals surface area contributed by atoms with E-state index in [4.69, 9.17) is 5.53 Å². The molecule has 1 rings (SSSR count). The third-order valence-corrected chi connectivity index (χ3v) is 1.91. The molecule has 0 radical (unpaired) electrons. The summed E-state index contributed by atoms with van der Waals surface area (Å²) in [4.78, 5) is 5.62. The Morgan fingerprint density at radius 3 is 2.82 bits per heavy atom. The molecule has 7 nitrogen and oxygen atoms in total. The Morgan fingerprint density at radius 2 is 2.36 bits per heavy atom. The molecule has 0 fully saturated rings. The molecule has 8 heteroatoms. The first kappa shape index (κ1) is 7.58. The number of nitrogens with zero attached hydrogens (tertiary/aromatic N) is 5. The van der Waals surface area contributed by atoms with Crippen LogP contribution < -0.4 is 0 Å². The molecule has 0 aliphatic heterocycles. The average molecular weight is 174 g/mol. The SMILES string of the molecule is [15N-]=[N+]=NS(=O)(=O)n1ccnc1.